The molecule has 0 radical (unpaired) electrons. The van der Waals surface area contributed by atoms with E-state index in [4.69, 9.17) is 16.6 Å². The molecule has 1 aromatic carbocycles. The number of pyridine rings is 2. The Labute approximate surface area is 197 Å². The minimum Gasteiger partial charge on any atom is -0.476 e. The lowest BCUT2D eigenvalue weighted by Crippen LogP contribution is -2.35. The fourth-order valence-electron chi connectivity index (χ4n) is 4.18. The van der Waals surface area contributed by atoms with E-state index in [1.807, 2.05) is 49.1 Å². The average molecular weight is 465 g/mol. The minimum atomic E-state index is -1.17. The maximum atomic E-state index is 12.8. The quantitative estimate of drug-likeness (QED) is 0.475. The van der Waals surface area contributed by atoms with E-state index in [1.54, 1.807) is 6.07 Å². The Kier molecular flexibility index (Phi) is 6.60. The Morgan fingerprint density at radius 2 is 1.97 bits per heavy atom. The van der Waals surface area contributed by atoms with Crippen molar-refractivity contribution in [2.24, 2.45) is 0 Å². The fourth-order valence-corrected chi connectivity index (χ4v) is 4.33. The van der Waals surface area contributed by atoms with Crippen LogP contribution in [0, 0.1) is 6.92 Å². The number of nitrogens with one attached hydrogen (secondary N) is 1. The number of aromatic carboxylic acids is 1. The van der Waals surface area contributed by atoms with Gasteiger partial charge >= 0.3 is 5.97 Å². The normalized spacial score (nSPS) is 16.6. The molecule has 1 aliphatic rings. The number of rotatable bonds is 7. The number of benzene rings is 1. The van der Waals surface area contributed by atoms with Crippen molar-refractivity contribution in [1.29, 1.82) is 0 Å². The molecule has 0 bridgehead atoms. The molecular formula is C25H25ClN4O3. The van der Waals surface area contributed by atoms with Crippen LogP contribution < -0.4 is 10.2 Å². The molecule has 0 saturated carbocycles. The molecule has 0 aliphatic carbocycles. The summed E-state index contributed by atoms with van der Waals surface area (Å²) in [6.45, 7) is 3.85. The van der Waals surface area contributed by atoms with E-state index >= 15 is 0 Å². The number of aromatic nitrogens is 2. The Morgan fingerprint density at radius 3 is 2.70 bits per heavy atom. The summed E-state index contributed by atoms with van der Waals surface area (Å²) in [6, 6.07) is 16.8. The van der Waals surface area contributed by atoms with Gasteiger partial charge in [-0.05, 0) is 62.1 Å². The molecule has 2 atom stereocenters. The maximum absolute atomic E-state index is 12.8. The fraction of sp³-hybridized carbons (Fsp3) is 0.280. The predicted octanol–water partition coefficient (Wildman–Crippen LogP) is 5.05. The maximum Gasteiger partial charge on any atom is 0.356 e. The van der Waals surface area contributed by atoms with Crippen LogP contribution in [0.15, 0.2) is 54.6 Å². The molecule has 4 rings (SSSR count). The smallest absolute Gasteiger partial charge is 0.356 e. The lowest BCUT2D eigenvalue weighted by Gasteiger charge is -2.26. The summed E-state index contributed by atoms with van der Waals surface area (Å²) in [4.78, 5) is 34.9. The van der Waals surface area contributed by atoms with Crippen LogP contribution in [0.2, 0.25) is 5.15 Å². The second kappa shape index (κ2) is 9.58. The van der Waals surface area contributed by atoms with E-state index in [0.717, 1.165) is 18.4 Å². The highest BCUT2D eigenvalue weighted by Gasteiger charge is 2.33. The molecule has 1 saturated heterocycles. The first-order valence-corrected chi connectivity index (χ1v) is 11.2. The van der Waals surface area contributed by atoms with Gasteiger partial charge in [0, 0.05) is 12.5 Å². The van der Waals surface area contributed by atoms with Crippen molar-refractivity contribution < 1.29 is 14.7 Å². The molecule has 0 spiro atoms. The number of anilines is 2. The highest BCUT2D eigenvalue weighted by atomic mass is 35.5. The number of hydrogen-bond donors (Lipinski definition) is 2. The summed E-state index contributed by atoms with van der Waals surface area (Å²) in [5.74, 6) is -0.484. The zero-order chi connectivity index (χ0) is 23.5. The van der Waals surface area contributed by atoms with E-state index in [2.05, 4.69) is 22.4 Å². The third kappa shape index (κ3) is 5.14. The largest absolute Gasteiger partial charge is 0.476 e. The summed E-state index contributed by atoms with van der Waals surface area (Å²) in [5, 5.41) is 12.7. The minimum absolute atomic E-state index is 0.0457. The molecule has 2 aromatic heterocycles. The summed E-state index contributed by atoms with van der Waals surface area (Å²) in [7, 11) is 0. The Balaban J connectivity index is 1.61. The number of carboxylic acids is 1. The molecule has 1 unspecified atom stereocenters. The standard InChI is InChI=1S/C25H25ClN4O3/c1-15-12-20(16(2)27-19-9-10-21(26)29-24(19)25(32)33)28-22(13-15)30-18(8-11-23(30)31)14-17-6-4-3-5-7-17/h3-7,9-10,12-13,16,18,27H,8,11,14H2,1-2H3,(H,32,33)/t16-,18?/m1/s1. The summed E-state index contributed by atoms with van der Waals surface area (Å²) in [6.07, 6.45) is 2.04. The molecule has 33 heavy (non-hydrogen) atoms. The van der Waals surface area contributed by atoms with Gasteiger partial charge in [-0.15, -0.1) is 0 Å². The summed E-state index contributed by atoms with van der Waals surface area (Å²) < 4.78 is 0. The number of carbonyl (C=O) groups excluding carboxylic acids is 1. The highest BCUT2D eigenvalue weighted by molar-refractivity contribution is 6.29. The van der Waals surface area contributed by atoms with Gasteiger partial charge in [-0.25, -0.2) is 14.8 Å². The van der Waals surface area contributed by atoms with Gasteiger partial charge in [0.2, 0.25) is 5.91 Å². The van der Waals surface area contributed by atoms with E-state index in [1.165, 1.54) is 11.6 Å². The van der Waals surface area contributed by atoms with Crippen LogP contribution in [0.1, 0.15) is 53.1 Å². The van der Waals surface area contributed by atoms with Crippen molar-refractivity contribution in [1.82, 2.24) is 9.97 Å². The number of carbonyl (C=O) groups is 2. The molecule has 3 heterocycles. The predicted molar refractivity (Wildman–Crippen MR) is 128 cm³/mol. The van der Waals surface area contributed by atoms with Crippen LogP contribution in [0.4, 0.5) is 11.5 Å². The number of nitrogens with zero attached hydrogens (tertiary/aromatic N) is 3. The average Bonchev–Trinajstić information content (AvgIpc) is 3.14. The Bertz CT molecular complexity index is 1190. The van der Waals surface area contributed by atoms with Gasteiger partial charge in [-0.1, -0.05) is 41.9 Å². The number of aryl methyl sites for hydroxylation is 1. The van der Waals surface area contributed by atoms with Crippen molar-refractivity contribution >= 4 is 35.0 Å². The van der Waals surface area contributed by atoms with Crippen molar-refractivity contribution in [3.8, 4) is 0 Å². The van der Waals surface area contributed by atoms with E-state index in [9.17, 15) is 14.7 Å². The lowest BCUT2D eigenvalue weighted by atomic mass is 10.0. The van der Waals surface area contributed by atoms with E-state index < -0.39 is 5.97 Å². The van der Waals surface area contributed by atoms with Gasteiger partial charge in [-0.2, -0.15) is 0 Å². The molecule has 2 N–H and O–H groups in total. The van der Waals surface area contributed by atoms with Crippen LogP contribution in [0.5, 0.6) is 0 Å². The lowest BCUT2D eigenvalue weighted by molar-refractivity contribution is -0.117. The third-order valence-electron chi connectivity index (χ3n) is 5.74. The highest BCUT2D eigenvalue weighted by Crippen LogP contribution is 2.30. The zero-order valence-electron chi connectivity index (χ0n) is 18.5. The molecule has 8 heteroatoms. The van der Waals surface area contributed by atoms with Gasteiger partial charge in [0.05, 0.1) is 17.4 Å². The second-order valence-electron chi connectivity index (χ2n) is 8.27. The molecule has 7 nitrogen and oxygen atoms in total. The van der Waals surface area contributed by atoms with Crippen LogP contribution >= 0.6 is 11.6 Å². The van der Waals surface area contributed by atoms with Gasteiger partial charge in [0.25, 0.3) is 0 Å². The van der Waals surface area contributed by atoms with Crippen LogP contribution in [0.3, 0.4) is 0 Å². The molecule has 170 valence electrons. The van der Waals surface area contributed by atoms with Crippen molar-refractivity contribution in [3.05, 3.63) is 82.3 Å². The van der Waals surface area contributed by atoms with E-state index in [-0.39, 0.29) is 28.8 Å². The molecule has 1 aliphatic heterocycles. The molecule has 1 amide bonds. The van der Waals surface area contributed by atoms with Gasteiger partial charge in [-0.3, -0.25) is 9.69 Å². The van der Waals surface area contributed by atoms with E-state index in [0.29, 0.717) is 23.6 Å². The molecule has 3 aromatic rings. The van der Waals surface area contributed by atoms with Crippen LogP contribution in [-0.4, -0.2) is 33.0 Å². The Hall–Kier alpha value is -3.45. The topological polar surface area (TPSA) is 95.4 Å². The molecule has 1 fully saturated rings. The first kappa shape index (κ1) is 22.7. The number of hydrogen-bond acceptors (Lipinski definition) is 5. The SMILES string of the molecule is Cc1cc([C@@H](C)Nc2ccc(Cl)nc2C(=O)O)nc(N2C(=O)CCC2Cc2ccccc2)c1. The second-order valence-corrected chi connectivity index (χ2v) is 8.66. The van der Waals surface area contributed by atoms with Gasteiger partial charge in [0.1, 0.15) is 11.0 Å². The van der Waals surface area contributed by atoms with Crippen LogP contribution in [0.25, 0.3) is 0 Å². The van der Waals surface area contributed by atoms with Crippen molar-refractivity contribution in [2.45, 2.75) is 45.2 Å². The first-order chi connectivity index (χ1) is 15.8. The van der Waals surface area contributed by atoms with Crippen LogP contribution in [-0.2, 0) is 11.2 Å². The Morgan fingerprint density at radius 1 is 1.21 bits per heavy atom. The number of carboxylic acid groups (broad SMARTS) is 1. The summed E-state index contributed by atoms with van der Waals surface area (Å²) in [5.41, 5.74) is 3.05. The van der Waals surface area contributed by atoms with Gasteiger partial charge in [0.15, 0.2) is 5.69 Å². The zero-order valence-corrected chi connectivity index (χ0v) is 19.2. The molecular weight excluding hydrogens is 440 g/mol. The third-order valence-corrected chi connectivity index (χ3v) is 5.95. The summed E-state index contributed by atoms with van der Waals surface area (Å²) >= 11 is 5.86. The first-order valence-electron chi connectivity index (χ1n) is 10.8. The monoisotopic (exact) mass is 464 g/mol. The van der Waals surface area contributed by atoms with Crippen molar-refractivity contribution in [3.63, 3.8) is 0 Å². The number of amides is 1. The number of halogens is 1. The van der Waals surface area contributed by atoms with Gasteiger partial charge < -0.3 is 10.4 Å². The van der Waals surface area contributed by atoms with Crippen molar-refractivity contribution in [2.75, 3.05) is 10.2 Å².